The number of carbonyl (C=O) groups is 1. The van der Waals surface area contributed by atoms with Gasteiger partial charge in [0.05, 0.1) is 6.16 Å². The van der Waals surface area contributed by atoms with Gasteiger partial charge in [-0.1, -0.05) is 54.6 Å². The number of nitrogens with two attached hydrogens (primary N) is 1. The van der Waals surface area contributed by atoms with E-state index in [1.54, 1.807) is 11.9 Å². The summed E-state index contributed by atoms with van der Waals surface area (Å²) in [7, 11) is -0.0398. The van der Waals surface area contributed by atoms with Crippen LogP contribution >= 0.6 is 7.26 Å². The molecule has 0 spiro atoms. The Bertz CT molecular complexity index is 931. The van der Waals surface area contributed by atoms with Crippen LogP contribution in [0.5, 0.6) is 0 Å². The van der Waals surface area contributed by atoms with E-state index in [0.717, 1.165) is 19.0 Å². The van der Waals surface area contributed by atoms with Crippen molar-refractivity contribution in [2.45, 2.75) is 25.7 Å². The summed E-state index contributed by atoms with van der Waals surface area (Å²) in [6.45, 7) is 1.29. The van der Waals surface area contributed by atoms with Crippen molar-refractivity contribution in [2.75, 3.05) is 26.3 Å². The Morgan fingerprint density at radius 1 is 0.824 bits per heavy atom. The number of benzene rings is 3. The SMILES string of the molecule is CN(CCCC(=O)NCCCC[P+](c1ccccc1)(c1ccccc1)c1ccccc1)C(=N)N. The minimum atomic E-state index is -1.81. The predicted molar refractivity (Wildman–Crippen MR) is 146 cm³/mol. The summed E-state index contributed by atoms with van der Waals surface area (Å²) in [5.74, 6) is 0.0923. The first-order valence-electron chi connectivity index (χ1n) is 11.9. The first kappa shape index (κ1) is 25.5. The minimum absolute atomic E-state index is 0.0301. The molecule has 0 radical (unpaired) electrons. The lowest BCUT2D eigenvalue weighted by molar-refractivity contribution is -0.121. The van der Waals surface area contributed by atoms with Gasteiger partial charge in [-0.05, 0) is 55.7 Å². The van der Waals surface area contributed by atoms with Gasteiger partial charge in [-0.2, -0.15) is 0 Å². The van der Waals surface area contributed by atoms with E-state index in [9.17, 15) is 4.79 Å². The maximum atomic E-state index is 12.2. The largest absolute Gasteiger partial charge is 0.370 e. The van der Waals surface area contributed by atoms with Crippen molar-refractivity contribution in [2.24, 2.45) is 5.73 Å². The van der Waals surface area contributed by atoms with Gasteiger partial charge in [0.1, 0.15) is 23.2 Å². The molecule has 0 saturated heterocycles. The Labute approximate surface area is 204 Å². The molecule has 0 aromatic heterocycles. The summed E-state index contributed by atoms with van der Waals surface area (Å²) >= 11 is 0. The number of hydrogen-bond acceptors (Lipinski definition) is 2. The summed E-state index contributed by atoms with van der Waals surface area (Å²) in [4.78, 5) is 13.9. The van der Waals surface area contributed by atoms with E-state index in [-0.39, 0.29) is 11.9 Å². The zero-order valence-electron chi connectivity index (χ0n) is 20.0. The highest BCUT2D eigenvalue weighted by Crippen LogP contribution is 2.55. The highest BCUT2D eigenvalue weighted by molar-refractivity contribution is 7.95. The number of unbranched alkanes of at least 4 members (excludes halogenated alkanes) is 1. The molecular formula is C28H36N4OP+. The highest BCUT2D eigenvalue weighted by Gasteiger charge is 2.44. The van der Waals surface area contributed by atoms with Gasteiger partial charge in [0.25, 0.3) is 0 Å². The molecule has 3 aromatic carbocycles. The fourth-order valence-corrected chi connectivity index (χ4v) is 8.68. The van der Waals surface area contributed by atoms with Crippen molar-refractivity contribution in [3.8, 4) is 0 Å². The van der Waals surface area contributed by atoms with Crippen LogP contribution in [0.1, 0.15) is 25.7 Å². The molecule has 0 saturated carbocycles. The molecule has 3 aromatic rings. The van der Waals surface area contributed by atoms with E-state index in [0.29, 0.717) is 25.9 Å². The van der Waals surface area contributed by atoms with E-state index >= 15 is 0 Å². The molecule has 0 fully saturated rings. The average Bonchev–Trinajstić information content (AvgIpc) is 2.88. The van der Waals surface area contributed by atoms with Gasteiger partial charge in [-0.15, -0.1) is 0 Å². The van der Waals surface area contributed by atoms with Crippen LogP contribution in [0.2, 0.25) is 0 Å². The number of carbonyl (C=O) groups excluding carboxylic acids is 1. The quantitative estimate of drug-likeness (QED) is 0.162. The Balaban J connectivity index is 1.67. The van der Waals surface area contributed by atoms with Crippen molar-refractivity contribution in [1.82, 2.24) is 10.2 Å². The van der Waals surface area contributed by atoms with Crippen LogP contribution in [-0.2, 0) is 4.79 Å². The smallest absolute Gasteiger partial charge is 0.220 e. The molecule has 0 unspecified atom stereocenters. The topological polar surface area (TPSA) is 82.2 Å². The third-order valence-electron chi connectivity index (χ3n) is 6.14. The summed E-state index contributed by atoms with van der Waals surface area (Å²) in [6.07, 6.45) is 4.16. The van der Waals surface area contributed by atoms with Crippen molar-refractivity contribution >= 4 is 35.0 Å². The molecule has 34 heavy (non-hydrogen) atoms. The highest BCUT2D eigenvalue weighted by atomic mass is 31.2. The summed E-state index contributed by atoms with van der Waals surface area (Å²) in [5, 5.41) is 14.6. The summed E-state index contributed by atoms with van der Waals surface area (Å²) in [5.41, 5.74) is 5.44. The molecule has 3 rings (SSSR count). The van der Waals surface area contributed by atoms with Crippen molar-refractivity contribution in [1.29, 1.82) is 5.41 Å². The van der Waals surface area contributed by atoms with Crippen LogP contribution in [0.3, 0.4) is 0 Å². The Hall–Kier alpha value is -3.17. The van der Waals surface area contributed by atoms with Gasteiger partial charge in [0.15, 0.2) is 5.96 Å². The Morgan fingerprint density at radius 2 is 1.29 bits per heavy atom. The number of nitrogens with zero attached hydrogens (tertiary/aromatic N) is 1. The molecule has 5 nitrogen and oxygen atoms in total. The molecular weight excluding hydrogens is 439 g/mol. The monoisotopic (exact) mass is 475 g/mol. The lowest BCUT2D eigenvalue weighted by atomic mass is 10.2. The van der Waals surface area contributed by atoms with Crippen molar-refractivity contribution in [3.63, 3.8) is 0 Å². The van der Waals surface area contributed by atoms with Crippen LogP contribution in [0.15, 0.2) is 91.0 Å². The molecule has 0 heterocycles. The van der Waals surface area contributed by atoms with Crippen LogP contribution in [-0.4, -0.2) is 43.1 Å². The average molecular weight is 476 g/mol. The van der Waals surface area contributed by atoms with Gasteiger partial charge < -0.3 is 16.0 Å². The third kappa shape index (κ3) is 6.68. The predicted octanol–water partition coefficient (Wildman–Crippen LogP) is 3.48. The lowest BCUT2D eigenvalue weighted by Crippen LogP contribution is -2.34. The molecule has 4 N–H and O–H groups in total. The first-order valence-corrected chi connectivity index (χ1v) is 13.9. The third-order valence-corrected chi connectivity index (χ3v) is 10.7. The normalized spacial score (nSPS) is 11.1. The van der Waals surface area contributed by atoms with Gasteiger partial charge >= 0.3 is 0 Å². The fraction of sp³-hybridized carbons (Fsp3) is 0.286. The van der Waals surface area contributed by atoms with Crippen molar-refractivity contribution < 1.29 is 4.79 Å². The van der Waals surface area contributed by atoms with Crippen LogP contribution in [0.25, 0.3) is 0 Å². The van der Waals surface area contributed by atoms with Gasteiger partial charge in [0.2, 0.25) is 5.91 Å². The maximum Gasteiger partial charge on any atom is 0.220 e. The van der Waals surface area contributed by atoms with Gasteiger partial charge in [0, 0.05) is 26.6 Å². The van der Waals surface area contributed by atoms with E-state index in [4.69, 9.17) is 11.1 Å². The standard InChI is InChI=1S/C28H35N4OP/c1-32(28(29)30)22-13-20-27(33)31-21-11-12-23-34(24-14-5-2-6-15-24,25-16-7-3-8-17-25)26-18-9-4-10-19-26/h2-10,14-19H,11-13,20-23H2,1H3,(H3-,29,30,31,33)/p+1. The summed E-state index contributed by atoms with van der Waals surface area (Å²) in [6, 6.07) is 32.7. The van der Waals surface area contributed by atoms with Crippen LogP contribution in [0, 0.1) is 5.41 Å². The second-order valence-corrected chi connectivity index (χ2v) is 12.1. The number of nitrogens with one attached hydrogen (secondary N) is 2. The zero-order chi connectivity index (χ0) is 24.2. The van der Waals surface area contributed by atoms with Crippen LogP contribution in [0.4, 0.5) is 0 Å². The van der Waals surface area contributed by atoms with Crippen molar-refractivity contribution in [3.05, 3.63) is 91.0 Å². The second-order valence-electron chi connectivity index (χ2n) is 8.51. The number of amides is 1. The lowest BCUT2D eigenvalue weighted by Gasteiger charge is -2.27. The van der Waals surface area contributed by atoms with E-state index in [2.05, 4.69) is 96.3 Å². The number of guanidine groups is 1. The molecule has 0 aliphatic heterocycles. The summed E-state index contributed by atoms with van der Waals surface area (Å²) < 4.78 is 0. The van der Waals surface area contributed by atoms with E-state index in [1.807, 2.05) is 0 Å². The fourth-order valence-electron chi connectivity index (χ4n) is 4.27. The minimum Gasteiger partial charge on any atom is -0.370 e. The molecule has 0 bridgehead atoms. The second kappa shape index (κ2) is 12.9. The van der Waals surface area contributed by atoms with E-state index in [1.165, 1.54) is 15.9 Å². The molecule has 6 heteroatoms. The van der Waals surface area contributed by atoms with Crippen LogP contribution < -0.4 is 27.0 Å². The first-order chi connectivity index (χ1) is 16.5. The maximum absolute atomic E-state index is 12.2. The van der Waals surface area contributed by atoms with E-state index < -0.39 is 7.26 Å². The number of rotatable bonds is 12. The molecule has 1 amide bonds. The Morgan fingerprint density at radius 3 is 1.74 bits per heavy atom. The molecule has 0 aliphatic carbocycles. The zero-order valence-corrected chi connectivity index (χ0v) is 20.9. The number of hydrogen-bond donors (Lipinski definition) is 3. The van der Waals surface area contributed by atoms with Gasteiger partial charge in [-0.25, -0.2) is 0 Å². The molecule has 0 atom stereocenters. The Kier molecular flexibility index (Phi) is 9.66. The molecule has 0 aliphatic rings. The van der Waals surface area contributed by atoms with Gasteiger partial charge in [-0.3, -0.25) is 10.2 Å². The molecule has 178 valence electrons.